The lowest BCUT2D eigenvalue weighted by atomic mass is 10.0. The third-order valence-corrected chi connectivity index (χ3v) is 9.68. The minimum Gasteiger partial charge on any atom is -0.493 e. The van der Waals surface area contributed by atoms with E-state index in [1.54, 1.807) is 20.3 Å². The lowest BCUT2D eigenvalue weighted by Gasteiger charge is -2.27. The van der Waals surface area contributed by atoms with E-state index in [2.05, 4.69) is 22.0 Å². The Hall–Kier alpha value is -5.92. The maximum atomic E-state index is 13.2. The van der Waals surface area contributed by atoms with Gasteiger partial charge >= 0.3 is 0 Å². The maximum absolute atomic E-state index is 13.2. The zero-order valence-electron chi connectivity index (χ0n) is 32.0. The zero-order chi connectivity index (χ0) is 39.9. The Morgan fingerprint density at radius 3 is 2.02 bits per heavy atom. The molecule has 1 unspecified atom stereocenters. The van der Waals surface area contributed by atoms with Crippen LogP contribution in [0.2, 0.25) is 0 Å². The molecule has 3 aromatic rings. The molecule has 1 saturated heterocycles. The number of piperidine rings is 1. The topological polar surface area (TPSA) is 179 Å². The number of carbonyl (C=O) groups is 6. The van der Waals surface area contributed by atoms with Crippen LogP contribution in [-0.2, 0) is 32.0 Å². The molecule has 2 aliphatic heterocycles. The summed E-state index contributed by atoms with van der Waals surface area (Å²) in [6, 6.07) is 17.2. The van der Waals surface area contributed by atoms with Crippen molar-refractivity contribution in [2.75, 3.05) is 40.5 Å². The van der Waals surface area contributed by atoms with Gasteiger partial charge in [-0.15, -0.1) is 0 Å². The number of rotatable bonds is 22. The zero-order valence-corrected chi connectivity index (χ0v) is 32.0. The van der Waals surface area contributed by atoms with Crippen molar-refractivity contribution in [1.82, 2.24) is 20.9 Å². The van der Waals surface area contributed by atoms with Crippen molar-refractivity contribution in [3.05, 3.63) is 82.9 Å². The third kappa shape index (κ3) is 11.3. The van der Waals surface area contributed by atoms with Crippen molar-refractivity contribution in [3.8, 4) is 23.0 Å². The number of nitrogens with one attached hydrogen (secondary N) is 3. The summed E-state index contributed by atoms with van der Waals surface area (Å²) < 4.78 is 22.1. The molecule has 0 radical (unpaired) electrons. The predicted molar refractivity (Wildman–Crippen MR) is 206 cm³/mol. The van der Waals surface area contributed by atoms with Gasteiger partial charge in [0, 0.05) is 19.5 Å². The number of unbranched alkanes of at least 4 members (excludes halogenated alkanes) is 5. The first-order valence-corrected chi connectivity index (χ1v) is 19.1. The van der Waals surface area contributed by atoms with Gasteiger partial charge < -0.3 is 29.6 Å². The Morgan fingerprint density at radius 2 is 1.34 bits per heavy atom. The van der Waals surface area contributed by atoms with Gasteiger partial charge in [-0.3, -0.25) is 39.0 Å². The number of hydrogen-bond acceptors (Lipinski definition) is 10. The number of methoxy groups -OCH3 is 2. The molecule has 6 amide bonds. The summed E-state index contributed by atoms with van der Waals surface area (Å²) >= 11 is 0. The maximum Gasteiger partial charge on any atom is 0.266 e. The van der Waals surface area contributed by atoms with Gasteiger partial charge in [0.1, 0.15) is 17.5 Å². The molecule has 56 heavy (non-hydrogen) atoms. The Morgan fingerprint density at radius 1 is 0.696 bits per heavy atom. The Kier molecular flexibility index (Phi) is 15.2. The van der Waals surface area contributed by atoms with Crippen molar-refractivity contribution in [1.29, 1.82) is 0 Å². The average Bonchev–Trinajstić information content (AvgIpc) is 3.45. The number of imide groups is 2. The number of fused-ring (bicyclic) bond motifs is 1. The van der Waals surface area contributed by atoms with Gasteiger partial charge in [-0.1, -0.05) is 49.9 Å². The van der Waals surface area contributed by atoms with Gasteiger partial charge in [0.25, 0.3) is 23.6 Å². The molecular weight excluding hydrogens is 720 g/mol. The van der Waals surface area contributed by atoms with Gasteiger partial charge in [-0.05, 0) is 86.1 Å². The molecular formula is C42H50N4O10. The van der Waals surface area contributed by atoms with E-state index in [1.165, 1.54) is 17.7 Å². The van der Waals surface area contributed by atoms with E-state index in [0.29, 0.717) is 24.6 Å². The van der Waals surface area contributed by atoms with Gasteiger partial charge in [0.05, 0.1) is 25.3 Å². The van der Waals surface area contributed by atoms with Crippen LogP contribution in [0, 0.1) is 0 Å². The normalized spacial score (nSPS) is 14.9. The Bertz CT molecular complexity index is 1900. The summed E-state index contributed by atoms with van der Waals surface area (Å²) in [4.78, 5) is 75.6. The first-order chi connectivity index (χ1) is 27.2. The van der Waals surface area contributed by atoms with Gasteiger partial charge in [0.2, 0.25) is 11.8 Å². The highest BCUT2D eigenvalue weighted by Gasteiger charge is 2.46. The second-order valence-corrected chi connectivity index (χ2v) is 13.7. The summed E-state index contributed by atoms with van der Waals surface area (Å²) in [5.41, 5.74) is 2.41. The van der Waals surface area contributed by atoms with Crippen LogP contribution in [0.4, 0.5) is 0 Å². The quantitative estimate of drug-likeness (QED) is 0.0986. The summed E-state index contributed by atoms with van der Waals surface area (Å²) in [6.45, 7) is 0.657. The molecule has 3 aromatic carbocycles. The first-order valence-electron chi connectivity index (χ1n) is 19.1. The van der Waals surface area contributed by atoms with E-state index in [4.69, 9.17) is 18.9 Å². The first kappa shape index (κ1) is 41.2. The van der Waals surface area contributed by atoms with Crippen LogP contribution >= 0.6 is 0 Å². The Labute approximate surface area is 326 Å². The number of carbonyl (C=O) groups excluding carboxylic acids is 6. The molecule has 3 N–H and O–H groups in total. The van der Waals surface area contributed by atoms with E-state index < -0.39 is 29.7 Å². The minimum atomic E-state index is -1.09. The molecule has 0 aromatic heterocycles. The van der Waals surface area contributed by atoms with Crippen LogP contribution in [0.3, 0.4) is 0 Å². The second kappa shape index (κ2) is 20.7. The number of nitrogens with zero attached hydrogens (tertiary/aromatic N) is 1. The van der Waals surface area contributed by atoms with Crippen LogP contribution < -0.4 is 34.9 Å². The van der Waals surface area contributed by atoms with Crippen molar-refractivity contribution < 1.29 is 47.7 Å². The minimum absolute atomic E-state index is 0.000317. The van der Waals surface area contributed by atoms with E-state index in [0.717, 1.165) is 74.0 Å². The van der Waals surface area contributed by atoms with Crippen LogP contribution in [0.5, 0.6) is 23.0 Å². The molecule has 1 atom stereocenters. The summed E-state index contributed by atoms with van der Waals surface area (Å²) in [5, 5.41) is 7.89. The highest BCUT2D eigenvalue weighted by atomic mass is 16.5. The molecule has 2 aliphatic rings. The number of benzene rings is 3. The highest BCUT2D eigenvalue weighted by Crippen LogP contribution is 2.34. The molecule has 2 heterocycles. The predicted octanol–water partition coefficient (Wildman–Crippen LogP) is 4.31. The summed E-state index contributed by atoms with van der Waals surface area (Å²) in [5.74, 6) is -0.823. The largest absolute Gasteiger partial charge is 0.493 e. The van der Waals surface area contributed by atoms with Gasteiger partial charge in [-0.2, -0.15) is 0 Å². The fourth-order valence-electron chi connectivity index (χ4n) is 6.73. The lowest BCUT2D eigenvalue weighted by Crippen LogP contribution is -2.54. The average molecular weight is 771 g/mol. The molecule has 14 heteroatoms. The molecule has 298 valence electrons. The van der Waals surface area contributed by atoms with E-state index in [-0.39, 0.29) is 54.7 Å². The fourth-order valence-corrected chi connectivity index (χ4v) is 6.73. The summed E-state index contributed by atoms with van der Waals surface area (Å²) in [7, 11) is 3.26. The Balaban J connectivity index is 0.882. The van der Waals surface area contributed by atoms with Crippen LogP contribution in [0.25, 0.3) is 0 Å². The number of ether oxygens (including phenoxy) is 4. The fraction of sp³-hybridized carbons (Fsp3) is 0.429. The highest BCUT2D eigenvalue weighted by molar-refractivity contribution is 6.24. The summed E-state index contributed by atoms with van der Waals surface area (Å²) in [6.07, 6.45) is 8.33. The van der Waals surface area contributed by atoms with Crippen LogP contribution in [-0.4, -0.2) is 86.9 Å². The smallest absolute Gasteiger partial charge is 0.266 e. The SMILES string of the molecule is COc1ccc(CCCc2cccc(OCC(=O)NCCCCCCCCNC(=O)COc3cccc4c3C(=O)N(C3CCC(=O)NC3=O)C4=O)c2)cc1OC. The molecule has 0 bridgehead atoms. The molecule has 5 rings (SSSR count). The third-order valence-electron chi connectivity index (χ3n) is 9.68. The van der Waals surface area contributed by atoms with Crippen molar-refractivity contribution in [2.24, 2.45) is 0 Å². The van der Waals surface area contributed by atoms with Crippen LogP contribution in [0.1, 0.15) is 89.6 Å². The molecule has 1 fully saturated rings. The van der Waals surface area contributed by atoms with Crippen molar-refractivity contribution in [2.45, 2.75) is 76.7 Å². The van der Waals surface area contributed by atoms with E-state index in [9.17, 15) is 28.8 Å². The van der Waals surface area contributed by atoms with Gasteiger partial charge in [0.15, 0.2) is 24.7 Å². The van der Waals surface area contributed by atoms with Crippen molar-refractivity contribution >= 4 is 35.4 Å². The number of amides is 6. The molecule has 14 nitrogen and oxygen atoms in total. The molecule has 0 aliphatic carbocycles. The molecule has 0 spiro atoms. The number of hydrogen-bond donors (Lipinski definition) is 3. The monoisotopic (exact) mass is 770 g/mol. The van der Waals surface area contributed by atoms with Crippen LogP contribution in [0.15, 0.2) is 60.7 Å². The van der Waals surface area contributed by atoms with E-state index in [1.807, 2.05) is 36.4 Å². The second-order valence-electron chi connectivity index (χ2n) is 13.7. The molecule has 0 saturated carbocycles. The lowest BCUT2D eigenvalue weighted by molar-refractivity contribution is -0.136. The standard InChI is InChI=1S/C42H50N4O10/c1-53-33-20-18-29(25-35(33)54-2)13-9-12-28-14-10-15-30(24-28)55-26-37(48)43-22-7-5-3-4-6-8-23-44-38(49)27-56-34-17-11-16-31-39(34)42(52)46(41(31)51)32-19-21-36(47)45-40(32)50/h10-11,14-18,20,24-25,32H,3-9,12-13,19,21-23,26-27H2,1-2H3,(H,43,48)(H,44,49)(H,45,47,50). The van der Waals surface area contributed by atoms with Crippen molar-refractivity contribution in [3.63, 3.8) is 0 Å². The number of aryl methyl sites for hydroxylation is 2. The van der Waals surface area contributed by atoms with E-state index >= 15 is 0 Å². The van der Waals surface area contributed by atoms with Gasteiger partial charge in [-0.25, -0.2) is 0 Å².